The Labute approximate surface area is 153 Å². The van der Waals surface area contributed by atoms with Crippen LogP contribution >= 0.6 is 0 Å². The molecule has 0 aliphatic heterocycles. The second-order valence-corrected chi connectivity index (χ2v) is 6.64. The molecule has 0 aliphatic carbocycles. The minimum Gasteiger partial charge on any atom is -0.374 e. The van der Waals surface area contributed by atoms with Gasteiger partial charge in [0, 0.05) is 13.2 Å². The van der Waals surface area contributed by atoms with Crippen molar-refractivity contribution in [1.82, 2.24) is 5.32 Å². The lowest BCUT2D eigenvalue weighted by atomic mass is 10.1. The third kappa shape index (κ3) is 8.33. The van der Waals surface area contributed by atoms with Gasteiger partial charge in [-0.25, -0.2) is 0 Å². The van der Waals surface area contributed by atoms with Crippen molar-refractivity contribution in [3.8, 4) is 0 Å². The summed E-state index contributed by atoms with van der Waals surface area (Å²) in [5, 5.41) is 3.52. The summed E-state index contributed by atoms with van der Waals surface area (Å²) in [6.45, 7) is 5.16. The molecule has 2 heteroatoms. The molecule has 1 N–H and O–H groups in total. The van der Waals surface area contributed by atoms with Crippen LogP contribution in [-0.4, -0.2) is 13.2 Å². The molecule has 25 heavy (non-hydrogen) atoms. The fraction of sp³-hybridized carbons (Fsp3) is 0.478. The summed E-state index contributed by atoms with van der Waals surface area (Å²) in [6.07, 6.45) is 7.45. The first-order chi connectivity index (χ1) is 12.4. The zero-order chi connectivity index (χ0) is 17.6. The predicted octanol–water partition coefficient (Wildman–Crippen LogP) is 5.89. The zero-order valence-electron chi connectivity index (χ0n) is 15.6. The molecule has 0 aromatic heterocycles. The van der Waals surface area contributed by atoms with Crippen molar-refractivity contribution in [2.24, 2.45) is 0 Å². The van der Waals surface area contributed by atoms with Gasteiger partial charge in [-0.15, -0.1) is 0 Å². The molecule has 2 nitrogen and oxygen atoms in total. The lowest BCUT2D eigenvalue weighted by Crippen LogP contribution is -2.14. The van der Waals surface area contributed by atoms with Crippen molar-refractivity contribution in [3.05, 3.63) is 71.8 Å². The predicted molar refractivity (Wildman–Crippen MR) is 107 cm³/mol. The summed E-state index contributed by atoms with van der Waals surface area (Å²) in [4.78, 5) is 0. The normalized spacial score (nSPS) is 12.2. The molecule has 0 fully saturated rings. The molecule has 136 valence electrons. The third-order valence-corrected chi connectivity index (χ3v) is 4.46. The minimum absolute atomic E-state index is 0.263. The minimum atomic E-state index is 0.263. The molecule has 0 amide bonds. The van der Waals surface area contributed by atoms with Crippen molar-refractivity contribution in [2.75, 3.05) is 13.2 Å². The number of benzene rings is 2. The summed E-state index contributed by atoms with van der Waals surface area (Å²) < 4.78 is 6.14. The molecule has 2 rings (SSSR count). The van der Waals surface area contributed by atoms with Crippen LogP contribution in [0.2, 0.25) is 0 Å². The van der Waals surface area contributed by atoms with Crippen molar-refractivity contribution in [1.29, 1.82) is 0 Å². The number of rotatable bonds is 13. The van der Waals surface area contributed by atoms with E-state index in [0.29, 0.717) is 0 Å². The van der Waals surface area contributed by atoms with Gasteiger partial charge in [-0.3, -0.25) is 0 Å². The average molecular weight is 340 g/mol. The topological polar surface area (TPSA) is 21.3 Å². The second-order valence-electron chi connectivity index (χ2n) is 6.64. The Morgan fingerprint density at radius 3 is 2.24 bits per heavy atom. The average Bonchev–Trinajstić information content (AvgIpc) is 2.67. The fourth-order valence-corrected chi connectivity index (χ4v) is 3.04. The molecule has 2 aromatic carbocycles. The van der Waals surface area contributed by atoms with E-state index in [1.165, 1.54) is 30.4 Å². The van der Waals surface area contributed by atoms with Crippen molar-refractivity contribution in [3.63, 3.8) is 0 Å². The second kappa shape index (κ2) is 12.7. The maximum absolute atomic E-state index is 6.14. The Hall–Kier alpha value is -1.64. The first-order valence-electron chi connectivity index (χ1n) is 9.81. The SMILES string of the molecule is CCCC(OCCCCCCNCc1ccccc1)c1ccccc1. The number of ether oxygens (including phenoxy) is 1. The van der Waals surface area contributed by atoms with E-state index in [-0.39, 0.29) is 6.10 Å². The van der Waals surface area contributed by atoms with Crippen LogP contribution in [0.5, 0.6) is 0 Å². The van der Waals surface area contributed by atoms with Crippen LogP contribution in [-0.2, 0) is 11.3 Å². The number of unbranched alkanes of at least 4 members (excludes halogenated alkanes) is 3. The van der Waals surface area contributed by atoms with Gasteiger partial charge in [-0.2, -0.15) is 0 Å². The van der Waals surface area contributed by atoms with Gasteiger partial charge < -0.3 is 10.1 Å². The fourth-order valence-electron chi connectivity index (χ4n) is 3.04. The first-order valence-corrected chi connectivity index (χ1v) is 9.81. The van der Waals surface area contributed by atoms with Crippen LogP contribution in [0.3, 0.4) is 0 Å². The smallest absolute Gasteiger partial charge is 0.0824 e. The largest absolute Gasteiger partial charge is 0.374 e. The van der Waals surface area contributed by atoms with Gasteiger partial charge in [0.05, 0.1) is 6.10 Å². The standard InChI is InChI=1S/C23H33NO/c1-2-13-23(22-16-9-6-10-17-22)25-19-12-4-3-11-18-24-20-21-14-7-5-8-15-21/h5-10,14-17,23-24H,2-4,11-13,18-20H2,1H3. The van der Waals surface area contributed by atoms with E-state index in [9.17, 15) is 0 Å². The summed E-state index contributed by atoms with van der Waals surface area (Å²) in [5.74, 6) is 0. The van der Waals surface area contributed by atoms with Gasteiger partial charge in [-0.1, -0.05) is 86.8 Å². The summed E-state index contributed by atoms with van der Waals surface area (Å²) in [6, 6.07) is 21.2. The Bertz CT molecular complexity index is 541. The highest BCUT2D eigenvalue weighted by molar-refractivity contribution is 5.17. The maximum atomic E-state index is 6.14. The number of hydrogen-bond donors (Lipinski definition) is 1. The van der Waals surface area contributed by atoms with Crippen LogP contribution in [0.4, 0.5) is 0 Å². The first kappa shape index (κ1) is 19.7. The molecule has 2 aromatic rings. The van der Waals surface area contributed by atoms with Gasteiger partial charge in [0.15, 0.2) is 0 Å². The lowest BCUT2D eigenvalue weighted by molar-refractivity contribution is 0.0435. The molecule has 1 unspecified atom stereocenters. The van der Waals surface area contributed by atoms with Gasteiger partial charge in [0.25, 0.3) is 0 Å². The molecule has 0 aliphatic rings. The number of nitrogens with one attached hydrogen (secondary N) is 1. The van der Waals surface area contributed by atoms with Crippen LogP contribution in [0.15, 0.2) is 60.7 Å². The monoisotopic (exact) mass is 339 g/mol. The van der Waals surface area contributed by atoms with E-state index in [0.717, 1.165) is 39.0 Å². The molecule has 1 atom stereocenters. The van der Waals surface area contributed by atoms with E-state index >= 15 is 0 Å². The van der Waals surface area contributed by atoms with Gasteiger partial charge in [0.2, 0.25) is 0 Å². The van der Waals surface area contributed by atoms with Crippen LogP contribution in [0, 0.1) is 0 Å². The maximum Gasteiger partial charge on any atom is 0.0824 e. The molecule has 0 saturated heterocycles. The molecule has 0 saturated carbocycles. The molecule has 0 bridgehead atoms. The lowest BCUT2D eigenvalue weighted by Gasteiger charge is -2.17. The molecule has 0 radical (unpaired) electrons. The van der Waals surface area contributed by atoms with Crippen LogP contribution < -0.4 is 5.32 Å². The summed E-state index contributed by atoms with van der Waals surface area (Å²) >= 11 is 0. The van der Waals surface area contributed by atoms with Crippen LogP contribution in [0.1, 0.15) is 62.7 Å². The molecule has 0 heterocycles. The van der Waals surface area contributed by atoms with Gasteiger partial charge >= 0.3 is 0 Å². The highest BCUT2D eigenvalue weighted by Gasteiger charge is 2.09. The molecule has 0 spiro atoms. The Kier molecular flexibility index (Phi) is 9.99. The van der Waals surface area contributed by atoms with E-state index < -0.39 is 0 Å². The highest BCUT2D eigenvalue weighted by Crippen LogP contribution is 2.22. The van der Waals surface area contributed by atoms with Crippen molar-refractivity contribution < 1.29 is 4.74 Å². The molecular formula is C23H33NO. The zero-order valence-corrected chi connectivity index (χ0v) is 15.6. The summed E-state index contributed by atoms with van der Waals surface area (Å²) in [5.41, 5.74) is 2.67. The molecular weight excluding hydrogens is 306 g/mol. The van der Waals surface area contributed by atoms with E-state index in [1.54, 1.807) is 0 Å². The highest BCUT2D eigenvalue weighted by atomic mass is 16.5. The Morgan fingerprint density at radius 2 is 1.52 bits per heavy atom. The van der Waals surface area contributed by atoms with Crippen molar-refractivity contribution in [2.45, 2.75) is 58.1 Å². The Balaban J connectivity index is 1.49. The van der Waals surface area contributed by atoms with Gasteiger partial charge in [0.1, 0.15) is 0 Å². The third-order valence-electron chi connectivity index (χ3n) is 4.46. The van der Waals surface area contributed by atoms with E-state index in [4.69, 9.17) is 4.74 Å². The quantitative estimate of drug-likeness (QED) is 0.459. The van der Waals surface area contributed by atoms with Crippen LogP contribution in [0.25, 0.3) is 0 Å². The number of hydrogen-bond acceptors (Lipinski definition) is 2. The van der Waals surface area contributed by atoms with E-state index in [1.807, 2.05) is 0 Å². The van der Waals surface area contributed by atoms with E-state index in [2.05, 4.69) is 72.9 Å². The summed E-state index contributed by atoms with van der Waals surface area (Å²) in [7, 11) is 0. The Morgan fingerprint density at radius 1 is 0.840 bits per heavy atom. The van der Waals surface area contributed by atoms with Gasteiger partial charge in [-0.05, 0) is 36.9 Å². The van der Waals surface area contributed by atoms with Crippen molar-refractivity contribution >= 4 is 0 Å².